The van der Waals surface area contributed by atoms with Crippen molar-refractivity contribution in [3.8, 4) is 0 Å². The number of carbonyl (C=O) groups excluding carboxylic acids is 3. The van der Waals surface area contributed by atoms with Gasteiger partial charge in [-0.15, -0.1) is 0 Å². The molecule has 0 fully saturated rings. The maximum atomic E-state index is 12.4. The zero-order valence-electron chi connectivity index (χ0n) is 15.3. The lowest BCUT2D eigenvalue weighted by atomic mass is 10.1. The molecule has 2 rings (SSSR count). The molecule has 0 saturated heterocycles. The molecule has 0 aliphatic carbocycles. The Kier molecular flexibility index (Phi) is 5.69. The Balaban J connectivity index is 2.19. The van der Waals surface area contributed by atoms with Crippen LogP contribution in [0.4, 0.5) is 21.9 Å². The summed E-state index contributed by atoms with van der Waals surface area (Å²) in [7, 11) is 0. The van der Waals surface area contributed by atoms with Crippen LogP contribution in [-0.2, 0) is 4.74 Å². The minimum absolute atomic E-state index is 0.298. The molecule has 3 amide bonds. The van der Waals surface area contributed by atoms with Gasteiger partial charge >= 0.3 is 6.09 Å². The third-order valence-corrected chi connectivity index (χ3v) is 3.36. The zero-order chi connectivity index (χ0) is 20.2. The Morgan fingerprint density at radius 2 is 1.48 bits per heavy atom. The van der Waals surface area contributed by atoms with Gasteiger partial charge in [-0.25, -0.2) is 4.79 Å². The lowest BCUT2D eigenvalue weighted by molar-refractivity contribution is 0.0635. The first-order valence-corrected chi connectivity index (χ1v) is 8.16. The van der Waals surface area contributed by atoms with Gasteiger partial charge in [-0.1, -0.05) is 0 Å². The van der Waals surface area contributed by atoms with Crippen LogP contribution in [0, 0.1) is 0 Å². The van der Waals surface area contributed by atoms with Crippen molar-refractivity contribution in [2.24, 2.45) is 5.73 Å². The second kappa shape index (κ2) is 7.77. The predicted octanol–water partition coefficient (Wildman–Crippen LogP) is 2.97. The lowest BCUT2D eigenvalue weighted by Crippen LogP contribution is -2.27. The van der Waals surface area contributed by atoms with E-state index in [2.05, 4.69) is 10.6 Å². The van der Waals surface area contributed by atoms with Gasteiger partial charge < -0.3 is 21.5 Å². The minimum atomic E-state index is -0.672. The maximum Gasteiger partial charge on any atom is 0.412 e. The van der Waals surface area contributed by atoms with Crippen molar-refractivity contribution in [3.63, 3.8) is 0 Å². The van der Waals surface area contributed by atoms with Crippen LogP contribution in [0.5, 0.6) is 0 Å². The molecule has 0 atom stereocenters. The Hall–Kier alpha value is -3.55. The number of amides is 3. The van der Waals surface area contributed by atoms with Crippen LogP contribution in [-0.4, -0.2) is 23.5 Å². The molecule has 0 aliphatic heterocycles. The van der Waals surface area contributed by atoms with Crippen LogP contribution in [0.3, 0.4) is 0 Å². The van der Waals surface area contributed by atoms with Gasteiger partial charge in [-0.05, 0) is 63.2 Å². The third kappa shape index (κ3) is 5.74. The first kappa shape index (κ1) is 19.8. The highest BCUT2D eigenvalue weighted by molar-refractivity contribution is 6.07. The van der Waals surface area contributed by atoms with Gasteiger partial charge in [0.15, 0.2) is 0 Å². The fourth-order valence-corrected chi connectivity index (χ4v) is 2.17. The number of nitrogen functional groups attached to an aromatic ring is 1. The minimum Gasteiger partial charge on any atom is -0.444 e. The normalized spacial score (nSPS) is 10.8. The second-order valence-corrected chi connectivity index (χ2v) is 6.83. The number of hydrogen-bond donors (Lipinski definition) is 4. The maximum absolute atomic E-state index is 12.4. The highest BCUT2D eigenvalue weighted by Gasteiger charge is 2.18. The molecule has 0 radical (unpaired) electrons. The van der Waals surface area contributed by atoms with E-state index in [4.69, 9.17) is 16.2 Å². The van der Waals surface area contributed by atoms with Crippen LogP contribution in [0.2, 0.25) is 0 Å². The Morgan fingerprint density at radius 3 is 2.04 bits per heavy atom. The summed E-state index contributed by atoms with van der Waals surface area (Å²) in [5.41, 5.74) is 12.0. The highest BCUT2D eigenvalue weighted by atomic mass is 16.6. The molecule has 0 aliphatic rings. The van der Waals surface area contributed by atoms with Crippen molar-refractivity contribution in [2.45, 2.75) is 26.4 Å². The second-order valence-electron chi connectivity index (χ2n) is 6.83. The van der Waals surface area contributed by atoms with Crippen molar-refractivity contribution in [2.75, 3.05) is 16.4 Å². The average molecular weight is 370 g/mol. The van der Waals surface area contributed by atoms with Gasteiger partial charge in [0.1, 0.15) is 5.60 Å². The molecule has 0 spiro atoms. The molecule has 8 nitrogen and oxygen atoms in total. The molecule has 0 heterocycles. The van der Waals surface area contributed by atoms with Crippen LogP contribution >= 0.6 is 0 Å². The first-order chi connectivity index (χ1) is 12.5. The summed E-state index contributed by atoms with van der Waals surface area (Å²) in [5, 5.41) is 5.26. The zero-order valence-corrected chi connectivity index (χ0v) is 15.3. The molecule has 142 valence electrons. The van der Waals surface area contributed by atoms with Crippen molar-refractivity contribution in [3.05, 3.63) is 53.6 Å². The monoisotopic (exact) mass is 370 g/mol. The summed E-state index contributed by atoms with van der Waals surface area (Å²) >= 11 is 0. The van der Waals surface area contributed by atoms with E-state index in [1.54, 1.807) is 32.9 Å². The van der Waals surface area contributed by atoms with Crippen LogP contribution in [0.15, 0.2) is 42.5 Å². The molecule has 0 bridgehead atoms. The number of nitrogens with one attached hydrogen (secondary N) is 2. The summed E-state index contributed by atoms with van der Waals surface area (Å²) in [5.74, 6) is -1.01. The van der Waals surface area contributed by atoms with E-state index >= 15 is 0 Å². The fourth-order valence-electron chi connectivity index (χ4n) is 2.17. The van der Waals surface area contributed by atoms with Crippen LogP contribution in [0.25, 0.3) is 0 Å². The first-order valence-electron chi connectivity index (χ1n) is 8.16. The largest absolute Gasteiger partial charge is 0.444 e. The number of anilines is 3. The predicted molar refractivity (Wildman–Crippen MR) is 104 cm³/mol. The molecule has 27 heavy (non-hydrogen) atoms. The molecular weight excluding hydrogens is 348 g/mol. The Bertz CT molecular complexity index is 870. The number of ether oxygens (including phenoxy) is 1. The summed E-state index contributed by atoms with van der Waals surface area (Å²) in [6, 6.07) is 10.5. The van der Waals surface area contributed by atoms with Gasteiger partial charge in [0.25, 0.3) is 5.91 Å². The van der Waals surface area contributed by atoms with E-state index in [9.17, 15) is 14.4 Å². The molecule has 8 heteroatoms. The van der Waals surface area contributed by atoms with E-state index in [0.29, 0.717) is 28.2 Å². The van der Waals surface area contributed by atoms with Crippen LogP contribution in [0.1, 0.15) is 41.5 Å². The number of carbonyl (C=O) groups is 3. The molecule has 2 aromatic rings. The number of nitrogens with two attached hydrogens (primary N) is 2. The molecular formula is C19H22N4O4. The standard InChI is InChI=1S/C19H22N4O4/c1-19(2,3)27-18(26)23-15-10-13(20)8-9-14(15)22-17(25)12-6-4-11(5-7-12)16(21)24/h4-10H,20H2,1-3H3,(H2,21,24)(H,22,25)(H,23,26). The van der Waals surface area contributed by atoms with Gasteiger partial charge in [-0.2, -0.15) is 0 Å². The van der Waals surface area contributed by atoms with Gasteiger partial charge in [0.2, 0.25) is 5.91 Å². The van der Waals surface area contributed by atoms with Crippen molar-refractivity contribution >= 4 is 35.0 Å². The fraction of sp³-hybridized carbons (Fsp3) is 0.211. The highest BCUT2D eigenvalue weighted by Crippen LogP contribution is 2.26. The topological polar surface area (TPSA) is 137 Å². The SMILES string of the molecule is CC(C)(C)OC(=O)Nc1cc(N)ccc1NC(=O)c1ccc(C(N)=O)cc1. The van der Waals surface area contributed by atoms with Crippen molar-refractivity contribution in [1.82, 2.24) is 0 Å². The molecule has 0 aromatic heterocycles. The van der Waals surface area contributed by atoms with E-state index in [0.717, 1.165) is 0 Å². The van der Waals surface area contributed by atoms with E-state index in [1.807, 2.05) is 0 Å². The molecule has 6 N–H and O–H groups in total. The summed E-state index contributed by atoms with van der Waals surface area (Å²) in [4.78, 5) is 35.6. The smallest absolute Gasteiger partial charge is 0.412 e. The van der Waals surface area contributed by atoms with E-state index < -0.39 is 23.5 Å². The van der Waals surface area contributed by atoms with Gasteiger partial charge in [0, 0.05) is 16.8 Å². The summed E-state index contributed by atoms with van der Waals surface area (Å²) in [6.45, 7) is 5.22. The number of rotatable bonds is 4. The quantitative estimate of drug-likeness (QED) is 0.613. The summed E-state index contributed by atoms with van der Waals surface area (Å²) < 4.78 is 5.21. The number of benzene rings is 2. The molecule has 2 aromatic carbocycles. The van der Waals surface area contributed by atoms with E-state index in [1.165, 1.54) is 30.3 Å². The van der Waals surface area contributed by atoms with Gasteiger partial charge in [0.05, 0.1) is 11.4 Å². The Morgan fingerprint density at radius 1 is 0.889 bits per heavy atom. The lowest BCUT2D eigenvalue weighted by Gasteiger charge is -2.20. The number of primary amides is 1. The Labute approximate surface area is 156 Å². The van der Waals surface area contributed by atoms with Crippen molar-refractivity contribution < 1.29 is 19.1 Å². The molecule has 0 unspecified atom stereocenters. The van der Waals surface area contributed by atoms with Crippen LogP contribution < -0.4 is 22.1 Å². The van der Waals surface area contributed by atoms with Gasteiger partial charge in [-0.3, -0.25) is 14.9 Å². The van der Waals surface area contributed by atoms with Crippen molar-refractivity contribution in [1.29, 1.82) is 0 Å². The number of hydrogen-bond acceptors (Lipinski definition) is 5. The summed E-state index contributed by atoms with van der Waals surface area (Å²) in [6.07, 6.45) is -0.672. The van der Waals surface area contributed by atoms with E-state index in [-0.39, 0.29) is 0 Å². The average Bonchev–Trinajstić information content (AvgIpc) is 2.55. The third-order valence-electron chi connectivity index (χ3n) is 3.36. The molecule has 0 saturated carbocycles.